The van der Waals surface area contributed by atoms with Gasteiger partial charge in [0, 0.05) is 27.0 Å². The predicted molar refractivity (Wildman–Crippen MR) is 119 cm³/mol. The van der Waals surface area contributed by atoms with Crippen LogP contribution < -0.4 is 4.90 Å². The SMILES string of the molecule is Br.CCC1CSC(N(CC(=O)c2ccc(Cl)cc2)c2ccc(Cl)cc2)=N1. The van der Waals surface area contributed by atoms with E-state index in [0.29, 0.717) is 21.7 Å². The maximum absolute atomic E-state index is 12.7. The maximum atomic E-state index is 12.7. The number of nitrogens with zero attached hydrogens (tertiary/aromatic N) is 2. The van der Waals surface area contributed by atoms with Crippen molar-refractivity contribution in [3.8, 4) is 0 Å². The number of carbonyl (C=O) groups excluding carboxylic acids is 1. The van der Waals surface area contributed by atoms with Gasteiger partial charge in [0.05, 0.1) is 12.6 Å². The van der Waals surface area contributed by atoms with Crippen LogP contribution in [0.15, 0.2) is 53.5 Å². The van der Waals surface area contributed by atoms with Crippen LogP contribution in [-0.2, 0) is 0 Å². The number of amidine groups is 1. The fourth-order valence-electron chi connectivity index (χ4n) is 2.52. The van der Waals surface area contributed by atoms with Crippen molar-refractivity contribution in [3.05, 3.63) is 64.1 Å². The first-order valence-electron chi connectivity index (χ1n) is 8.09. The van der Waals surface area contributed by atoms with Gasteiger partial charge in [-0.25, -0.2) is 0 Å². The quantitative estimate of drug-likeness (QED) is 0.488. The summed E-state index contributed by atoms with van der Waals surface area (Å²) in [5.41, 5.74) is 1.55. The van der Waals surface area contributed by atoms with E-state index in [0.717, 1.165) is 23.0 Å². The zero-order valence-corrected chi connectivity index (χ0v) is 18.2. The molecule has 1 atom stereocenters. The van der Waals surface area contributed by atoms with Crippen molar-refractivity contribution in [1.82, 2.24) is 0 Å². The third-order valence-electron chi connectivity index (χ3n) is 4.01. The predicted octanol–water partition coefficient (Wildman–Crippen LogP) is 6.14. The Morgan fingerprint density at radius 1 is 1.12 bits per heavy atom. The molecule has 0 bridgehead atoms. The molecular formula is C19H19BrCl2N2OS. The summed E-state index contributed by atoms with van der Waals surface area (Å²) in [4.78, 5) is 19.5. The lowest BCUT2D eigenvalue weighted by Crippen LogP contribution is -2.33. The van der Waals surface area contributed by atoms with Crippen molar-refractivity contribution < 1.29 is 4.79 Å². The highest BCUT2D eigenvalue weighted by Gasteiger charge is 2.25. The highest BCUT2D eigenvalue weighted by atomic mass is 79.9. The number of aliphatic imine (C=N–C) groups is 1. The van der Waals surface area contributed by atoms with Crippen LogP contribution >= 0.6 is 51.9 Å². The van der Waals surface area contributed by atoms with Gasteiger partial charge in [0.2, 0.25) is 0 Å². The summed E-state index contributed by atoms with van der Waals surface area (Å²) in [5.74, 6) is 0.972. The van der Waals surface area contributed by atoms with Crippen LogP contribution in [0.1, 0.15) is 23.7 Å². The molecule has 3 nitrogen and oxygen atoms in total. The molecule has 0 radical (unpaired) electrons. The molecule has 1 aliphatic rings. The van der Waals surface area contributed by atoms with Crippen LogP contribution in [0, 0.1) is 0 Å². The van der Waals surface area contributed by atoms with Crippen LogP contribution in [0.3, 0.4) is 0 Å². The van der Waals surface area contributed by atoms with Gasteiger partial charge in [-0.1, -0.05) is 41.9 Å². The Hall–Kier alpha value is -1.01. The molecule has 0 aromatic heterocycles. The molecule has 7 heteroatoms. The smallest absolute Gasteiger partial charge is 0.182 e. The fourth-order valence-corrected chi connectivity index (χ4v) is 3.97. The summed E-state index contributed by atoms with van der Waals surface area (Å²) >= 11 is 13.6. The minimum Gasteiger partial charge on any atom is -0.313 e. The minimum atomic E-state index is 0. The standard InChI is InChI=1S/C19H18Cl2N2OS.BrH/c1-2-16-12-25-19(22-16)23(17-9-7-15(21)8-10-17)11-18(24)13-3-5-14(20)6-4-13;/h3-10,16H,2,11-12H2,1H3;1H. The first-order chi connectivity index (χ1) is 12.1. The van der Waals surface area contributed by atoms with Gasteiger partial charge in [-0.3, -0.25) is 9.79 Å². The molecular weight excluding hydrogens is 455 g/mol. The van der Waals surface area contributed by atoms with Gasteiger partial charge < -0.3 is 4.90 Å². The van der Waals surface area contributed by atoms with Gasteiger partial charge in [-0.05, 0) is 55.0 Å². The fraction of sp³-hybridized carbons (Fsp3) is 0.263. The van der Waals surface area contributed by atoms with Crippen LogP contribution in [0.5, 0.6) is 0 Å². The lowest BCUT2D eigenvalue weighted by molar-refractivity contribution is 0.100. The van der Waals surface area contributed by atoms with Gasteiger partial charge in [0.25, 0.3) is 0 Å². The number of anilines is 1. The van der Waals surface area contributed by atoms with Crippen LogP contribution in [0.4, 0.5) is 5.69 Å². The molecule has 0 N–H and O–H groups in total. The molecule has 0 saturated heterocycles. The largest absolute Gasteiger partial charge is 0.313 e. The van der Waals surface area contributed by atoms with Gasteiger partial charge in [-0.15, -0.1) is 17.0 Å². The molecule has 0 saturated carbocycles. The third-order valence-corrected chi connectivity index (χ3v) is 5.65. The number of hydrogen-bond acceptors (Lipinski definition) is 4. The Kier molecular flexibility index (Phi) is 8.02. The summed E-state index contributed by atoms with van der Waals surface area (Å²) in [5, 5.41) is 2.17. The van der Waals surface area contributed by atoms with E-state index in [4.69, 9.17) is 28.2 Å². The zero-order valence-electron chi connectivity index (χ0n) is 14.2. The molecule has 138 valence electrons. The number of rotatable bonds is 5. The van der Waals surface area contributed by atoms with E-state index in [1.54, 1.807) is 36.0 Å². The second-order valence-electron chi connectivity index (χ2n) is 5.78. The van der Waals surface area contributed by atoms with E-state index in [2.05, 4.69) is 6.92 Å². The first kappa shape index (κ1) is 21.3. The highest BCUT2D eigenvalue weighted by Crippen LogP contribution is 2.28. The third kappa shape index (κ3) is 5.26. The Bertz CT molecular complexity index is 781. The molecule has 1 unspecified atom stereocenters. The molecule has 0 spiro atoms. The molecule has 2 aromatic rings. The van der Waals surface area contributed by atoms with Crippen molar-refractivity contribution in [2.24, 2.45) is 4.99 Å². The molecule has 1 heterocycles. The average Bonchev–Trinajstić information content (AvgIpc) is 3.10. The van der Waals surface area contributed by atoms with E-state index < -0.39 is 0 Å². The van der Waals surface area contributed by atoms with E-state index >= 15 is 0 Å². The Morgan fingerprint density at radius 2 is 1.69 bits per heavy atom. The van der Waals surface area contributed by atoms with Crippen molar-refractivity contribution in [2.45, 2.75) is 19.4 Å². The number of ketones is 1. The monoisotopic (exact) mass is 472 g/mol. The Balaban J connectivity index is 0.00000243. The summed E-state index contributed by atoms with van der Waals surface area (Å²) in [6.45, 7) is 2.36. The molecule has 26 heavy (non-hydrogen) atoms. The number of benzene rings is 2. The number of hydrogen-bond donors (Lipinski definition) is 0. The summed E-state index contributed by atoms with van der Waals surface area (Å²) in [6, 6.07) is 14.8. The van der Waals surface area contributed by atoms with Crippen molar-refractivity contribution >= 4 is 68.6 Å². The van der Waals surface area contributed by atoms with Gasteiger partial charge >= 0.3 is 0 Å². The molecule has 0 fully saturated rings. The number of Topliss-reactive ketones (excluding diaryl/α,β-unsaturated/α-hetero) is 1. The van der Waals surface area contributed by atoms with Crippen LogP contribution in [-0.4, -0.2) is 29.3 Å². The van der Waals surface area contributed by atoms with Gasteiger partial charge in [-0.2, -0.15) is 0 Å². The van der Waals surface area contributed by atoms with Crippen LogP contribution in [0.2, 0.25) is 10.0 Å². The first-order valence-corrected chi connectivity index (χ1v) is 9.83. The Labute approximate surface area is 178 Å². The van der Waals surface area contributed by atoms with Crippen molar-refractivity contribution in [2.75, 3.05) is 17.2 Å². The lowest BCUT2D eigenvalue weighted by Gasteiger charge is -2.23. The minimum absolute atomic E-state index is 0. The molecule has 0 amide bonds. The summed E-state index contributed by atoms with van der Waals surface area (Å²) in [7, 11) is 0. The normalized spacial score (nSPS) is 16.0. The number of halogens is 3. The topological polar surface area (TPSA) is 32.7 Å². The number of carbonyl (C=O) groups is 1. The summed E-state index contributed by atoms with van der Waals surface area (Å²) in [6.07, 6.45) is 0.996. The average molecular weight is 474 g/mol. The van der Waals surface area contributed by atoms with Crippen molar-refractivity contribution in [3.63, 3.8) is 0 Å². The molecule has 1 aliphatic heterocycles. The van der Waals surface area contributed by atoms with Crippen LogP contribution in [0.25, 0.3) is 0 Å². The maximum Gasteiger partial charge on any atom is 0.182 e. The lowest BCUT2D eigenvalue weighted by atomic mass is 10.1. The Morgan fingerprint density at radius 3 is 2.23 bits per heavy atom. The van der Waals surface area contributed by atoms with Crippen molar-refractivity contribution in [1.29, 1.82) is 0 Å². The van der Waals surface area contributed by atoms with Gasteiger partial charge in [0.15, 0.2) is 11.0 Å². The highest BCUT2D eigenvalue weighted by molar-refractivity contribution is 8.93. The van der Waals surface area contributed by atoms with Gasteiger partial charge in [0.1, 0.15) is 0 Å². The van der Waals surface area contributed by atoms with E-state index in [1.165, 1.54) is 0 Å². The van der Waals surface area contributed by atoms with E-state index in [1.807, 2.05) is 29.2 Å². The molecule has 3 rings (SSSR count). The zero-order chi connectivity index (χ0) is 17.8. The number of thioether (sulfide) groups is 1. The molecule has 2 aromatic carbocycles. The second-order valence-corrected chi connectivity index (χ2v) is 7.64. The second kappa shape index (κ2) is 9.79. The van der Waals surface area contributed by atoms with E-state index in [9.17, 15) is 4.79 Å². The molecule has 0 aliphatic carbocycles. The van der Waals surface area contributed by atoms with E-state index in [-0.39, 0.29) is 29.3 Å². The summed E-state index contributed by atoms with van der Waals surface area (Å²) < 4.78 is 0.